The van der Waals surface area contributed by atoms with Crippen LogP contribution < -0.4 is 0 Å². The number of benzene rings is 1. The Bertz CT molecular complexity index is 699. The van der Waals surface area contributed by atoms with Crippen molar-refractivity contribution in [1.82, 2.24) is 9.21 Å². The predicted octanol–water partition coefficient (Wildman–Crippen LogP) is 1.87. The maximum absolute atomic E-state index is 13.0. The molecule has 1 aliphatic carbocycles. The second kappa shape index (κ2) is 6.07. The average Bonchev–Trinajstić information content (AvgIpc) is 3.31. The zero-order chi connectivity index (χ0) is 16.7. The van der Waals surface area contributed by atoms with E-state index in [1.54, 1.807) is 0 Å². The highest BCUT2D eigenvalue weighted by atomic mass is 35.5. The highest BCUT2D eigenvalue weighted by Crippen LogP contribution is 2.49. The maximum atomic E-state index is 13.0. The molecule has 3 rings (SSSR count). The van der Waals surface area contributed by atoms with Gasteiger partial charge >= 0.3 is 0 Å². The van der Waals surface area contributed by atoms with Gasteiger partial charge in [-0.25, -0.2) is 12.7 Å². The van der Waals surface area contributed by atoms with Gasteiger partial charge in [-0.2, -0.15) is 0 Å². The van der Waals surface area contributed by atoms with Crippen LogP contribution in [0.15, 0.2) is 24.3 Å². The maximum Gasteiger partial charge on any atom is 0.233 e. The topological polar surface area (TPSA) is 57.7 Å². The molecule has 1 aromatic rings. The first-order valence-corrected chi connectivity index (χ1v) is 10.1. The zero-order valence-corrected chi connectivity index (χ0v) is 14.7. The SMILES string of the molecule is CS(=O)(=O)N1CCCN(C(=O)C2(c3ccc(Cl)cc3)CC2)CC1. The van der Waals surface area contributed by atoms with E-state index in [-0.39, 0.29) is 5.91 Å². The molecule has 0 bridgehead atoms. The number of amides is 1. The normalized spacial score (nSPS) is 21.7. The molecule has 2 aliphatic rings. The van der Waals surface area contributed by atoms with Crippen molar-refractivity contribution >= 4 is 27.5 Å². The Morgan fingerprint density at radius 1 is 1.09 bits per heavy atom. The standard InChI is InChI=1S/C16H21ClN2O3S/c1-23(21,22)19-10-2-9-18(11-12-19)15(20)16(7-8-16)13-3-5-14(17)6-4-13/h3-6H,2,7-12H2,1H3. The van der Waals surface area contributed by atoms with E-state index < -0.39 is 15.4 Å². The molecular weight excluding hydrogens is 336 g/mol. The second-order valence-corrected chi connectivity index (χ2v) is 8.82. The van der Waals surface area contributed by atoms with Crippen molar-refractivity contribution in [3.63, 3.8) is 0 Å². The Kier molecular flexibility index (Phi) is 4.42. The van der Waals surface area contributed by atoms with Crippen LogP contribution in [-0.2, 0) is 20.2 Å². The van der Waals surface area contributed by atoms with Crippen LogP contribution >= 0.6 is 11.6 Å². The molecule has 1 saturated heterocycles. The first kappa shape index (κ1) is 16.7. The van der Waals surface area contributed by atoms with Gasteiger partial charge in [-0.15, -0.1) is 0 Å². The summed E-state index contributed by atoms with van der Waals surface area (Å²) in [5.74, 6) is 0.121. The van der Waals surface area contributed by atoms with Gasteiger partial charge in [0.1, 0.15) is 0 Å². The number of nitrogens with zero attached hydrogens (tertiary/aromatic N) is 2. The molecular formula is C16H21ClN2O3S. The van der Waals surface area contributed by atoms with Gasteiger partial charge in [0, 0.05) is 31.2 Å². The van der Waals surface area contributed by atoms with Crippen LogP contribution in [0.5, 0.6) is 0 Å². The van der Waals surface area contributed by atoms with Gasteiger partial charge in [-0.3, -0.25) is 4.79 Å². The largest absolute Gasteiger partial charge is 0.341 e. The molecule has 1 aromatic carbocycles. The second-order valence-electron chi connectivity index (χ2n) is 6.40. The van der Waals surface area contributed by atoms with Gasteiger partial charge in [-0.05, 0) is 37.0 Å². The van der Waals surface area contributed by atoms with Crippen LogP contribution in [0.3, 0.4) is 0 Å². The summed E-state index contributed by atoms with van der Waals surface area (Å²) in [5.41, 5.74) is 0.585. The van der Waals surface area contributed by atoms with E-state index in [9.17, 15) is 13.2 Å². The number of rotatable bonds is 3. The Hall–Kier alpha value is -1.11. The number of halogens is 1. The molecule has 0 N–H and O–H groups in total. The summed E-state index contributed by atoms with van der Waals surface area (Å²) >= 11 is 5.93. The summed E-state index contributed by atoms with van der Waals surface area (Å²) < 4.78 is 24.8. The summed E-state index contributed by atoms with van der Waals surface area (Å²) in [5, 5.41) is 0.663. The monoisotopic (exact) mass is 356 g/mol. The van der Waals surface area contributed by atoms with Crippen LogP contribution in [0.4, 0.5) is 0 Å². The van der Waals surface area contributed by atoms with Crippen molar-refractivity contribution in [3.05, 3.63) is 34.9 Å². The summed E-state index contributed by atoms with van der Waals surface area (Å²) in [6.07, 6.45) is 3.59. The van der Waals surface area contributed by atoms with Gasteiger partial charge in [0.25, 0.3) is 0 Å². The molecule has 2 fully saturated rings. The molecule has 0 aromatic heterocycles. The molecule has 1 heterocycles. The van der Waals surface area contributed by atoms with E-state index in [2.05, 4.69) is 0 Å². The van der Waals surface area contributed by atoms with Crippen LogP contribution in [0.2, 0.25) is 5.02 Å². The van der Waals surface area contributed by atoms with E-state index in [1.807, 2.05) is 29.2 Å². The van der Waals surface area contributed by atoms with Crippen LogP contribution in [0.1, 0.15) is 24.8 Å². The lowest BCUT2D eigenvalue weighted by Crippen LogP contribution is -2.42. The number of sulfonamides is 1. The Morgan fingerprint density at radius 3 is 2.30 bits per heavy atom. The number of carbonyl (C=O) groups excluding carboxylic acids is 1. The summed E-state index contributed by atoms with van der Waals surface area (Å²) in [4.78, 5) is 14.8. The molecule has 126 valence electrons. The van der Waals surface area contributed by atoms with E-state index in [4.69, 9.17) is 11.6 Å². The third-order valence-electron chi connectivity index (χ3n) is 4.77. The smallest absolute Gasteiger partial charge is 0.233 e. The first-order chi connectivity index (χ1) is 10.8. The molecule has 7 heteroatoms. The minimum Gasteiger partial charge on any atom is -0.341 e. The van der Waals surface area contributed by atoms with Gasteiger partial charge in [-0.1, -0.05) is 23.7 Å². The molecule has 0 unspecified atom stereocenters. The van der Waals surface area contributed by atoms with Gasteiger partial charge in [0.2, 0.25) is 15.9 Å². The quantitative estimate of drug-likeness (QED) is 0.830. The fraction of sp³-hybridized carbons (Fsp3) is 0.562. The van der Waals surface area contributed by atoms with Crippen molar-refractivity contribution in [2.24, 2.45) is 0 Å². The fourth-order valence-electron chi connectivity index (χ4n) is 3.25. The molecule has 0 spiro atoms. The minimum atomic E-state index is -3.19. The van der Waals surface area contributed by atoms with Crippen molar-refractivity contribution in [2.45, 2.75) is 24.7 Å². The first-order valence-electron chi connectivity index (χ1n) is 7.83. The lowest BCUT2D eigenvalue weighted by molar-refractivity contribution is -0.133. The minimum absolute atomic E-state index is 0.121. The van der Waals surface area contributed by atoms with Crippen molar-refractivity contribution < 1.29 is 13.2 Å². The van der Waals surface area contributed by atoms with Crippen LogP contribution in [0, 0.1) is 0 Å². The molecule has 23 heavy (non-hydrogen) atoms. The molecule has 1 saturated carbocycles. The van der Waals surface area contributed by atoms with Crippen molar-refractivity contribution in [3.8, 4) is 0 Å². The summed E-state index contributed by atoms with van der Waals surface area (Å²) in [6, 6.07) is 7.48. The van der Waals surface area contributed by atoms with Crippen LogP contribution in [0.25, 0.3) is 0 Å². The number of carbonyl (C=O) groups is 1. The number of hydrogen-bond donors (Lipinski definition) is 0. The highest BCUT2D eigenvalue weighted by molar-refractivity contribution is 7.88. The third-order valence-corrected chi connectivity index (χ3v) is 6.32. The van der Waals surface area contributed by atoms with Gasteiger partial charge in [0.05, 0.1) is 11.7 Å². The fourth-order valence-corrected chi connectivity index (χ4v) is 4.25. The van der Waals surface area contributed by atoms with Gasteiger partial charge < -0.3 is 4.90 Å². The molecule has 0 radical (unpaired) electrons. The van der Waals surface area contributed by atoms with E-state index in [1.165, 1.54) is 10.6 Å². The van der Waals surface area contributed by atoms with E-state index in [0.29, 0.717) is 37.6 Å². The molecule has 0 atom stereocenters. The highest BCUT2D eigenvalue weighted by Gasteiger charge is 2.53. The Labute approximate surface area is 142 Å². The van der Waals surface area contributed by atoms with Crippen LogP contribution in [-0.4, -0.2) is 56.0 Å². The third kappa shape index (κ3) is 3.39. The Morgan fingerprint density at radius 2 is 1.74 bits per heavy atom. The molecule has 5 nitrogen and oxygen atoms in total. The summed E-state index contributed by atoms with van der Waals surface area (Å²) in [7, 11) is -3.19. The molecule has 1 aliphatic heterocycles. The molecule has 1 amide bonds. The van der Waals surface area contributed by atoms with Gasteiger partial charge in [0.15, 0.2) is 0 Å². The Balaban J connectivity index is 1.74. The average molecular weight is 357 g/mol. The predicted molar refractivity (Wildman–Crippen MR) is 90.0 cm³/mol. The van der Waals surface area contributed by atoms with Crippen molar-refractivity contribution in [2.75, 3.05) is 32.4 Å². The zero-order valence-electron chi connectivity index (χ0n) is 13.2. The summed E-state index contributed by atoms with van der Waals surface area (Å²) in [6.45, 7) is 1.93. The number of hydrogen-bond acceptors (Lipinski definition) is 3. The van der Waals surface area contributed by atoms with E-state index in [0.717, 1.165) is 18.4 Å². The van der Waals surface area contributed by atoms with Crippen molar-refractivity contribution in [1.29, 1.82) is 0 Å². The lowest BCUT2D eigenvalue weighted by Gasteiger charge is -2.26. The van der Waals surface area contributed by atoms with E-state index >= 15 is 0 Å². The lowest BCUT2D eigenvalue weighted by atomic mass is 9.94.